The van der Waals surface area contributed by atoms with Gasteiger partial charge in [0.25, 0.3) is 11.1 Å². The van der Waals surface area contributed by atoms with Gasteiger partial charge in [0.2, 0.25) is 5.91 Å². The van der Waals surface area contributed by atoms with Gasteiger partial charge in [0.05, 0.1) is 35.4 Å². The van der Waals surface area contributed by atoms with Gasteiger partial charge in [0.1, 0.15) is 0 Å². The van der Waals surface area contributed by atoms with Crippen LogP contribution in [0.15, 0.2) is 54.7 Å². The monoisotopic (exact) mass is 440 g/mol. The first-order valence-electron chi connectivity index (χ1n) is 9.10. The molecule has 30 heavy (non-hydrogen) atoms. The average molecular weight is 441 g/mol. The third-order valence-corrected chi connectivity index (χ3v) is 5.79. The van der Waals surface area contributed by atoms with E-state index in [2.05, 4.69) is 10.4 Å². The average Bonchev–Trinajstić information content (AvgIpc) is 3.26. The molecular weight excluding hydrogens is 424 g/mol. The predicted molar refractivity (Wildman–Crippen MR) is 116 cm³/mol. The third-order valence-electron chi connectivity index (χ3n) is 4.70. The van der Waals surface area contributed by atoms with Gasteiger partial charge in [0, 0.05) is 10.7 Å². The van der Waals surface area contributed by atoms with Crippen LogP contribution >= 0.6 is 23.4 Å². The van der Waals surface area contributed by atoms with E-state index in [0.717, 1.165) is 23.0 Å². The van der Waals surface area contributed by atoms with E-state index in [1.54, 1.807) is 41.1 Å². The summed E-state index contributed by atoms with van der Waals surface area (Å²) in [5.74, 6) is -0.278. The maximum atomic E-state index is 12.7. The largest absolute Gasteiger partial charge is 0.322 e. The van der Waals surface area contributed by atoms with Crippen LogP contribution in [0.2, 0.25) is 5.02 Å². The Morgan fingerprint density at radius 2 is 1.97 bits per heavy atom. The number of nitrogens with zero attached hydrogens (tertiary/aromatic N) is 3. The van der Waals surface area contributed by atoms with Gasteiger partial charge in [-0.1, -0.05) is 41.6 Å². The van der Waals surface area contributed by atoms with Crippen molar-refractivity contribution >= 4 is 46.1 Å². The molecule has 152 valence electrons. The summed E-state index contributed by atoms with van der Waals surface area (Å²) in [6.07, 6.45) is 1.52. The second-order valence-electron chi connectivity index (χ2n) is 6.72. The molecule has 1 N–H and O–H groups in total. The van der Waals surface area contributed by atoms with Crippen molar-refractivity contribution < 1.29 is 14.4 Å². The van der Waals surface area contributed by atoms with Crippen LogP contribution in [-0.4, -0.2) is 37.5 Å². The number of halogens is 1. The van der Waals surface area contributed by atoms with E-state index < -0.39 is 0 Å². The Hall–Kier alpha value is -3.10. The summed E-state index contributed by atoms with van der Waals surface area (Å²) in [7, 11) is 0. The molecule has 0 spiro atoms. The lowest BCUT2D eigenvalue weighted by molar-refractivity contribution is -0.125. The molecule has 0 radical (unpaired) electrons. The normalized spacial score (nSPS) is 13.7. The Balaban J connectivity index is 1.45. The molecule has 9 heteroatoms. The molecule has 1 aromatic heterocycles. The Labute approximate surface area is 182 Å². The van der Waals surface area contributed by atoms with Crippen molar-refractivity contribution in [3.8, 4) is 5.69 Å². The van der Waals surface area contributed by atoms with E-state index in [4.69, 9.17) is 11.6 Å². The fraction of sp³-hybridized carbons (Fsp3) is 0.143. The molecule has 1 aliphatic rings. The fourth-order valence-corrected chi connectivity index (χ4v) is 4.02. The molecule has 4 rings (SSSR count). The number of rotatable bonds is 5. The van der Waals surface area contributed by atoms with Crippen LogP contribution < -0.4 is 5.32 Å². The van der Waals surface area contributed by atoms with Crippen LogP contribution in [0.25, 0.3) is 5.69 Å². The molecule has 0 aliphatic carbocycles. The minimum atomic E-state index is -0.283. The molecule has 0 bridgehead atoms. The van der Waals surface area contributed by atoms with E-state index in [0.29, 0.717) is 22.0 Å². The van der Waals surface area contributed by atoms with Crippen LogP contribution in [0.5, 0.6) is 0 Å². The number of thioether (sulfide) groups is 1. The summed E-state index contributed by atoms with van der Waals surface area (Å²) in [5.41, 5.74) is 3.32. The topological polar surface area (TPSA) is 84.3 Å². The molecule has 2 heterocycles. The molecule has 2 aromatic carbocycles. The molecule has 0 unspecified atom stereocenters. The number of imide groups is 1. The maximum Gasteiger partial charge on any atom is 0.289 e. The summed E-state index contributed by atoms with van der Waals surface area (Å²) in [4.78, 5) is 37.4. The number of nitrogens with one attached hydrogen (secondary N) is 1. The van der Waals surface area contributed by atoms with Crippen LogP contribution in [0, 0.1) is 6.92 Å². The van der Waals surface area contributed by atoms with Crippen molar-refractivity contribution in [2.45, 2.75) is 13.5 Å². The highest BCUT2D eigenvalue weighted by Gasteiger charge is 2.29. The van der Waals surface area contributed by atoms with Crippen LogP contribution in [-0.2, 0) is 11.3 Å². The number of benzene rings is 2. The lowest BCUT2D eigenvalue weighted by Gasteiger charge is -2.13. The van der Waals surface area contributed by atoms with Crippen LogP contribution in [0.4, 0.5) is 10.5 Å². The van der Waals surface area contributed by atoms with Crippen LogP contribution in [0.1, 0.15) is 21.6 Å². The Morgan fingerprint density at radius 3 is 2.63 bits per heavy atom. The van der Waals surface area contributed by atoms with Gasteiger partial charge < -0.3 is 5.32 Å². The summed E-state index contributed by atoms with van der Waals surface area (Å²) in [6.45, 7) is 2.04. The number of hydrogen-bond acceptors (Lipinski definition) is 5. The molecule has 1 fully saturated rings. The Morgan fingerprint density at radius 1 is 1.20 bits per heavy atom. The minimum Gasteiger partial charge on any atom is -0.322 e. The second-order valence-corrected chi connectivity index (χ2v) is 8.08. The van der Waals surface area contributed by atoms with Crippen molar-refractivity contribution in [3.05, 3.63) is 76.6 Å². The first kappa shape index (κ1) is 20.2. The van der Waals surface area contributed by atoms with Gasteiger partial charge >= 0.3 is 0 Å². The zero-order valence-corrected chi connectivity index (χ0v) is 17.5. The molecule has 7 nitrogen and oxygen atoms in total. The SMILES string of the molecule is Cc1c(C(=O)Nc2ccc(CN3C(=O)CSC3=O)cc2)cnn1-c1cccc(Cl)c1. The van der Waals surface area contributed by atoms with Gasteiger partial charge in [-0.15, -0.1) is 0 Å². The summed E-state index contributed by atoms with van der Waals surface area (Å²) in [5, 5.41) is 7.50. The number of hydrogen-bond donors (Lipinski definition) is 1. The molecule has 1 aliphatic heterocycles. The highest BCUT2D eigenvalue weighted by Crippen LogP contribution is 2.22. The van der Waals surface area contributed by atoms with Crippen molar-refractivity contribution in [1.29, 1.82) is 0 Å². The number of carbonyl (C=O) groups excluding carboxylic acids is 3. The van der Waals surface area contributed by atoms with E-state index in [1.807, 2.05) is 19.1 Å². The minimum absolute atomic E-state index is 0.186. The van der Waals surface area contributed by atoms with Crippen LogP contribution in [0.3, 0.4) is 0 Å². The predicted octanol–water partition coefficient (Wildman–Crippen LogP) is 4.28. The molecule has 0 atom stereocenters. The van der Waals surface area contributed by atoms with Gasteiger partial charge in [0.15, 0.2) is 0 Å². The van der Waals surface area contributed by atoms with Gasteiger partial charge in [-0.3, -0.25) is 19.3 Å². The lowest BCUT2D eigenvalue weighted by Crippen LogP contribution is -2.27. The molecule has 3 aromatic rings. The highest BCUT2D eigenvalue weighted by atomic mass is 35.5. The second kappa shape index (κ2) is 8.33. The zero-order chi connectivity index (χ0) is 21.3. The molecule has 0 saturated carbocycles. The zero-order valence-electron chi connectivity index (χ0n) is 16.0. The number of anilines is 1. The summed E-state index contributed by atoms with van der Waals surface area (Å²) >= 11 is 7.05. The van der Waals surface area contributed by atoms with Crippen molar-refractivity contribution in [1.82, 2.24) is 14.7 Å². The van der Waals surface area contributed by atoms with Crippen molar-refractivity contribution in [2.75, 3.05) is 11.1 Å². The smallest absolute Gasteiger partial charge is 0.289 e. The number of aromatic nitrogens is 2. The molecule has 3 amide bonds. The van der Waals surface area contributed by atoms with E-state index in [9.17, 15) is 14.4 Å². The summed E-state index contributed by atoms with van der Waals surface area (Å²) in [6, 6.07) is 14.3. The maximum absolute atomic E-state index is 12.7. The molecular formula is C21H17ClN4O3S. The van der Waals surface area contributed by atoms with E-state index in [-0.39, 0.29) is 29.4 Å². The first-order valence-corrected chi connectivity index (χ1v) is 10.5. The van der Waals surface area contributed by atoms with E-state index >= 15 is 0 Å². The quantitative estimate of drug-likeness (QED) is 0.640. The lowest BCUT2D eigenvalue weighted by atomic mass is 10.2. The number of carbonyl (C=O) groups is 3. The van der Waals surface area contributed by atoms with Gasteiger partial charge in [-0.2, -0.15) is 5.10 Å². The number of amides is 3. The standard InChI is InChI=1S/C21H17ClN4O3S/c1-13-18(10-23-26(13)17-4-2-3-15(22)9-17)20(28)24-16-7-5-14(6-8-16)11-25-19(27)12-30-21(25)29/h2-10H,11-12H2,1H3,(H,24,28). The van der Waals surface area contributed by atoms with Crippen molar-refractivity contribution in [3.63, 3.8) is 0 Å². The highest BCUT2D eigenvalue weighted by molar-refractivity contribution is 8.14. The fourth-order valence-electron chi connectivity index (χ4n) is 3.11. The Kier molecular flexibility index (Phi) is 5.61. The summed E-state index contributed by atoms with van der Waals surface area (Å²) < 4.78 is 1.66. The first-order chi connectivity index (χ1) is 14.4. The third kappa shape index (κ3) is 4.10. The van der Waals surface area contributed by atoms with E-state index in [1.165, 1.54) is 11.1 Å². The Bertz CT molecular complexity index is 1130. The van der Waals surface area contributed by atoms with Crippen molar-refractivity contribution in [2.24, 2.45) is 0 Å². The molecule has 1 saturated heterocycles. The van der Waals surface area contributed by atoms with Gasteiger partial charge in [-0.25, -0.2) is 4.68 Å². The van der Waals surface area contributed by atoms with Gasteiger partial charge in [-0.05, 0) is 42.8 Å².